The average molecular weight is 384 g/mol. The van der Waals surface area contributed by atoms with Crippen LogP contribution in [0.15, 0.2) is 12.7 Å². The molecule has 0 saturated carbocycles. The standard InChI is InChI=1S/C15H21N5OS3/c1-6-7-20-12(18-19-14(20)22)11-9(2)16-13(24-11)17-10(21)8-23-15(3,4)5/h6H,1,7-8H2,2-5H3,(H,19,22)(H,16,17,21). The summed E-state index contributed by atoms with van der Waals surface area (Å²) in [5.74, 6) is 1.05. The number of aromatic amines is 1. The van der Waals surface area contributed by atoms with Gasteiger partial charge in [-0.25, -0.2) is 4.98 Å². The lowest BCUT2D eigenvalue weighted by Crippen LogP contribution is -2.18. The number of hydrogen-bond acceptors (Lipinski definition) is 6. The minimum Gasteiger partial charge on any atom is -0.301 e. The van der Waals surface area contributed by atoms with Crippen molar-refractivity contribution in [1.82, 2.24) is 19.7 Å². The van der Waals surface area contributed by atoms with Crippen LogP contribution >= 0.6 is 35.3 Å². The van der Waals surface area contributed by atoms with Crippen molar-refractivity contribution in [2.24, 2.45) is 0 Å². The number of hydrogen-bond donors (Lipinski definition) is 2. The average Bonchev–Trinajstić information content (AvgIpc) is 3.00. The van der Waals surface area contributed by atoms with Gasteiger partial charge in [0.25, 0.3) is 0 Å². The third kappa shape index (κ3) is 4.78. The summed E-state index contributed by atoms with van der Waals surface area (Å²) in [5, 5.41) is 10.5. The first kappa shape index (κ1) is 18.9. The molecule has 1 amide bonds. The van der Waals surface area contributed by atoms with E-state index in [1.165, 1.54) is 11.3 Å². The summed E-state index contributed by atoms with van der Waals surface area (Å²) in [5.41, 5.74) is 0.804. The Kier molecular flexibility index (Phi) is 6.00. The number of amides is 1. The molecule has 2 rings (SSSR count). The van der Waals surface area contributed by atoms with E-state index in [0.717, 1.165) is 10.6 Å². The second-order valence-electron chi connectivity index (χ2n) is 6.13. The second kappa shape index (κ2) is 7.62. The number of rotatable bonds is 6. The van der Waals surface area contributed by atoms with Gasteiger partial charge in [-0.3, -0.25) is 14.5 Å². The van der Waals surface area contributed by atoms with E-state index in [0.29, 0.717) is 28.0 Å². The number of anilines is 1. The Bertz CT molecular complexity index is 797. The molecule has 0 aliphatic heterocycles. The van der Waals surface area contributed by atoms with Crippen molar-refractivity contribution >= 4 is 46.4 Å². The molecule has 2 heterocycles. The molecule has 0 unspecified atom stereocenters. The quantitative estimate of drug-likeness (QED) is 0.582. The maximum Gasteiger partial charge on any atom is 0.236 e. The van der Waals surface area contributed by atoms with E-state index in [2.05, 4.69) is 47.8 Å². The Labute approximate surface area is 154 Å². The number of aromatic nitrogens is 4. The molecule has 2 aromatic heterocycles. The summed E-state index contributed by atoms with van der Waals surface area (Å²) >= 11 is 8.23. The molecule has 2 aromatic rings. The van der Waals surface area contributed by atoms with Gasteiger partial charge in [-0.2, -0.15) is 5.10 Å². The fourth-order valence-electron chi connectivity index (χ4n) is 1.88. The summed E-state index contributed by atoms with van der Waals surface area (Å²) in [7, 11) is 0. The first-order valence-corrected chi connectivity index (χ1v) is 9.60. The van der Waals surface area contributed by atoms with E-state index in [1.54, 1.807) is 17.8 Å². The number of allylic oxidation sites excluding steroid dienone is 1. The van der Waals surface area contributed by atoms with Gasteiger partial charge in [0.05, 0.1) is 16.3 Å². The zero-order valence-corrected chi connectivity index (χ0v) is 16.6. The van der Waals surface area contributed by atoms with Crippen LogP contribution in [0.5, 0.6) is 0 Å². The zero-order valence-electron chi connectivity index (χ0n) is 14.2. The van der Waals surface area contributed by atoms with E-state index < -0.39 is 0 Å². The Morgan fingerprint density at radius 2 is 2.25 bits per heavy atom. The largest absolute Gasteiger partial charge is 0.301 e. The highest BCUT2D eigenvalue weighted by molar-refractivity contribution is 8.01. The maximum atomic E-state index is 12.1. The minimum atomic E-state index is -0.0554. The smallest absolute Gasteiger partial charge is 0.236 e. The van der Waals surface area contributed by atoms with Crippen LogP contribution in [0.3, 0.4) is 0 Å². The van der Waals surface area contributed by atoms with Crippen LogP contribution in [0.4, 0.5) is 5.13 Å². The third-order valence-electron chi connectivity index (χ3n) is 2.95. The van der Waals surface area contributed by atoms with Crippen molar-refractivity contribution in [2.75, 3.05) is 11.1 Å². The normalized spacial score (nSPS) is 11.5. The molecule has 0 fully saturated rings. The predicted octanol–water partition coefficient (Wildman–Crippen LogP) is 4.03. The molecule has 0 atom stereocenters. The van der Waals surface area contributed by atoms with Gasteiger partial charge >= 0.3 is 0 Å². The van der Waals surface area contributed by atoms with Crippen LogP contribution in [0, 0.1) is 11.7 Å². The number of nitrogens with one attached hydrogen (secondary N) is 2. The van der Waals surface area contributed by atoms with Gasteiger partial charge in [-0.1, -0.05) is 38.2 Å². The highest BCUT2D eigenvalue weighted by Crippen LogP contribution is 2.32. The van der Waals surface area contributed by atoms with Crippen molar-refractivity contribution in [3.8, 4) is 10.7 Å². The van der Waals surface area contributed by atoms with E-state index in [9.17, 15) is 4.79 Å². The lowest BCUT2D eigenvalue weighted by molar-refractivity contribution is -0.113. The molecule has 0 radical (unpaired) electrons. The minimum absolute atomic E-state index is 0.0480. The number of thioether (sulfide) groups is 1. The van der Waals surface area contributed by atoms with Gasteiger partial charge in [0.15, 0.2) is 15.7 Å². The Hall–Kier alpha value is -1.45. The van der Waals surface area contributed by atoms with Crippen LogP contribution in [-0.4, -0.2) is 36.2 Å². The highest BCUT2D eigenvalue weighted by atomic mass is 32.2. The Morgan fingerprint density at radius 3 is 2.88 bits per heavy atom. The van der Waals surface area contributed by atoms with Gasteiger partial charge in [0, 0.05) is 11.3 Å². The molecule has 0 aromatic carbocycles. The maximum absolute atomic E-state index is 12.1. The summed E-state index contributed by atoms with van der Waals surface area (Å²) in [6, 6.07) is 0. The first-order valence-electron chi connectivity index (χ1n) is 7.39. The number of carbonyl (C=O) groups excluding carboxylic acids is 1. The van der Waals surface area contributed by atoms with Gasteiger partial charge < -0.3 is 5.32 Å². The van der Waals surface area contributed by atoms with Gasteiger partial charge in [0.1, 0.15) is 0 Å². The summed E-state index contributed by atoms with van der Waals surface area (Å²) < 4.78 is 2.43. The SMILES string of the molecule is C=CCn1c(-c2sc(NC(=O)CSC(C)(C)C)nc2C)n[nH]c1=S. The molecule has 24 heavy (non-hydrogen) atoms. The predicted molar refractivity (Wildman–Crippen MR) is 104 cm³/mol. The molecule has 130 valence electrons. The highest BCUT2D eigenvalue weighted by Gasteiger charge is 2.18. The van der Waals surface area contributed by atoms with E-state index in [-0.39, 0.29) is 10.7 Å². The van der Waals surface area contributed by atoms with Crippen LogP contribution in [0.1, 0.15) is 26.5 Å². The number of carbonyl (C=O) groups is 1. The molecule has 0 saturated heterocycles. The van der Waals surface area contributed by atoms with Gasteiger partial charge in [-0.15, -0.1) is 18.3 Å². The van der Waals surface area contributed by atoms with E-state index in [1.807, 2.05) is 11.5 Å². The Balaban J connectivity index is 2.18. The molecule has 0 aliphatic rings. The fraction of sp³-hybridized carbons (Fsp3) is 0.467. The third-order valence-corrected chi connectivity index (χ3v) is 5.61. The summed E-state index contributed by atoms with van der Waals surface area (Å²) in [4.78, 5) is 17.4. The van der Waals surface area contributed by atoms with E-state index in [4.69, 9.17) is 12.2 Å². The van der Waals surface area contributed by atoms with Crippen molar-refractivity contribution in [1.29, 1.82) is 0 Å². The number of H-pyrrole nitrogens is 1. The fourth-order valence-corrected chi connectivity index (χ4v) is 3.71. The molecule has 9 heteroatoms. The van der Waals surface area contributed by atoms with Gasteiger partial charge in [-0.05, 0) is 19.1 Å². The molecular formula is C15H21N5OS3. The lowest BCUT2D eigenvalue weighted by Gasteiger charge is -2.16. The van der Waals surface area contributed by atoms with Crippen molar-refractivity contribution < 1.29 is 4.79 Å². The molecular weight excluding hydrogens is 362 g/mol. The summed E-state index contributed by atoms with van der Waals surface area (Å²) in [6.07, 6.45) is 1.76. The molecule has 0 bridgehead atoms. The second-order valence-corrected chi connectivity index (χ2v) is 9.32. The molecule has 0 spiro atoms. The lowest BCUT2D eigenvalue weighted by atomic mass is 10.3. The topological polar surface area (TPSA) is 75.6 Å². The number of aryl methyl sites for hydroxylation is 1. The van der Waals surface area contributed by atoms with Crippen molar-refractivity contribution in [3.63, 3.8) is 0 Å². The first-order chi connectivity index (χ1) is 11.2. The van der Waals surface area contributed by atoms with Crippen molar-refractivity contribution in [3.05, 3.63) is 23.1 Å². The molecule has 6 nitrogen and oxygen atoms in total. The zero-order chi connectivity index (χ0) is 17.9. The molecule has 2 N–H and O–H groups in total. The van der Waals surface area contributed by atoms with E-state index >= 15 is 0 Å². The monoisotopic (exact) mass is 383 g/mol. The van der Waals surface area contributed by atoms with Crippen LogP contribution < -0.4 is 5.32 Å². The van der Waals surface area contributed by atoms with Gasteiger partial charge in [0.2, 0.25) is 5.91 Å². The van der Waals surface area contributed by atoms with Crippen LogP contribution in [0.2, 0.25) is 0 Å². The van der Waals surface area contributed by atoms with Crippen LogP contribution in [-0.2, 0) is 11.3 Å². The Morgan fingerprint density at radius 1 is 1.54 bits per heavy atom. The van der Waals surface area contributed by atoms with Crippen molar-refractivity contribution in [2.45, 2.75) is 39.0 Å². The number of nitrogens with zero attached hydrogens (tertiary/aromatic N) is 3. The summed E-state index contributed by atoms with van der Waals surface area (Å²) in [6.45, 7) is 12.4. The van der Waals surface area contributed by atoms with Crippen LogP contribution in [0.25, 0.3) is 10.7 Å². The molecule has 0 aliphatic carbocycles. The number of thiazole rings is 1.